The van der Waals surface area contributed by atoms with Crippen molar-refractivity contribution in [2.24, 2.45) is 10.2 Å². The van der Waals surface area contributed by atoms with E-state index in [0.29, 0.717) is 11.4 Å². The number of anilines is 6. The van der Waals surface area contributed by atoms with E-state index >= 15 is 0 Å². The Kier molecular flexibility index (Phi) is 12.5. The molecule has 0 bridgehead atoms. The number of carbonyl (C=O) groups excluding carboxylic acids is 5. The molecule has 0 aromatic heterocycles. The predicted octanol–water partition coefficient (Wildman–Crippen LogP) is 5.03. The molecule has 4 aromatic carbocycles. The van der Waals surface area contributed by atoms with Crippen LogP contribution in [0.3, 0.4) is 0 Å². The predicted molar refractivity (Wildman–Crippen MR) is 226 cm³/mol. The highest BCUT2D eigenvalue weighted by Crippen LogP contribution is 2.28. The van der Waals surface area contributed by atoms with Crippen LogP contribution >= 0.6 is 0 Å². The first-order chi connectivity index (χ1) is 29.3. The van der Waals surface area contributed by atoms with Crippen LogP contribution in [0.2, 0.25) is 0 Å². The van der Waals surface area contributed by atoms with E-state index in [1.54, 1.807) is 0 Å². The van der Waals surface area contributed by atoms with Crippen molar-refractivity contribution in [2.75, 3.05) is 32.1 Å². The lowest BCUT2D eigenvalue weighted by atomic mass is 10.1. The van der Waals surface area contributed by atoms with E-state index in [0.717, 1.165) is 36.4 Å². The Morgan fingerprint density at radius 1 is 0.484 bits per heavy atom. The van der Waals surface area contributed by atoms with Gasteiger partial charge in [-0.2, -0.15) is 27.0 Å². The molecule has 4 amide bonds. The summed E-state index contributed by atoms with van der Waals surface area (Å²) in [5, 5.41) is 37.0. The van der Waals surface area contributed by atoms with E-state index in [1.807, 2.05) is 0 Å². The first-order valence-corrected chi connectivity index (χ1v) is 20.3. The number of hydrogen-bond donors (Lipinski definition) is 10. The number of rotatable bonds is 12. The third-order valence-corrected chi connectivity index (χ3v) is 10.1. The second-order valence-electron chi connectivity index (χ2n) is 12.8. The van der Waals surface area contributed by atoms with Crippen molar-refractivity contribution in [2.45, 2.75) is 9.79 Å². The van der Waals surface area contributed by atoms with Crippen molar-refractivity contribution < 1.29 is 60.1 Å². The lowest BCUT2D eigenvalue weighted by Crippen LogP contribution is -2.21. The number of aliphatic hydroxyl groups excluding tert-OH is 2. The van der Waals surface area contributed by atoms with Crippen molar-refractivity contribution >= 4 is 95.2 Å². The van der Waals surface area contributed by atoms with Crippen molar-refractivity contribution in [1.29, 1.82) is 0 Å². The molecule has 2 aliphatic rings. The van der Waals surface area contributed by atoms with Gasteiger partial charge < -0.3 is 31.5 Å². The summed E-state index contributed by atoms with van der Waals surface area (Å²) >= 11 is 0. The van der Waals surface area contributed by atoms with Crippen molar-refractivity contribution in [3.63, 3.8) is 0 Å². The monoisotopic (exact) mass is 882 g/mol. The van der Waals surface area contributed by atoms with Gasteiger partial charge in [-0.05, 0) is 109 Å². The van der Waals surface area contributed by atoms with Crippen LogP contribution < -0.4 is 32.1 Å². The fourth-order valence-corrected chi connectivity index (χ4v) is 6.70. The van der Waals surface area contributed by atoms with Gasteiger partial charge >= 0.3 is 6.03 Å². The fraction of sp³-hybridized carbons (Fsp3) is 0. The molecule has 316 valence electrons. The van der Waals surface area contributed by atoms with Gasteiger partial charge in [-0.15, -0.1) is 0 Å². The van der Waals surface area contributed by atoms with E-state index in [9.17, 15) is 60.1 Å². The van der Waals surface area contributed by atoms with Crippen molar-refractivity contribution in [3.05, 3.63) is 144 Å². The van der Waals surface area contributed by atoms with Crippen LogP contribution in [0.4, 0.5) is 38.9 Å². The highest BCUT2D eigenvalue weighted by atomic mass is 32.2. The molecule has 4 aromatic rings. The highest BCUT2D eigenvalue weighted by molar-refractivity contribution is 7.86. The van der Waals surface area contributed by atoms with Gasteiger partial charge in [0.2, 0.25) is 0 Å². The minimum Gasteiger partial charge on any atom is -0.505 e. The standard InChI is InChI=1S/C39H30N8O13S2/c48-27-11-15-29(33(50)19-27)46-44-23-5-1-21(2-6-23)37(52)42-31-13-9-25(17-35(31)61(55,56)57)40-39(54)41-26-10-14-32(36(18-26)62(58,59)60)43-38(53)22-3-7-24(8-4-22)45-47-30-16-12-28(49)20-34(30)51/h1-20,44-45,50-51H,(H,42,52)(H,43,53)(H2,40,41,54)(H,55,56,57)(H,58,59,60). The topological polar surface area (TPSA) is 331 Å². The van der Waals surface area contributed by atoms with Crippen molar-refractivity contribution in [3.8, 4) is 0 Å². The van der Waals surface area contributed by atoms with Crippen LogP contribution in [0.5, 0.6) is 0 Å². The third kappa shape index (κ3) is 11.1. The molecule has 10 N–H and O–H groups in total. The van der Waals surface area contributed by atoms with Crippen LogP contribution in [0, 0.1) is 0 Å². The summed E-state index contributed by atoms with van der Waals surface area (Å²) in [5.41, 5.74) is 5.21. The minimum absolute atomic E-state index is 0.0515. The lowest BCUT2D eigenvalue weighted by Gasteiger charge is -2.14. The highest BCUT2D eigenvalue weighted by Gasteiger charge is 2.22. The minimum atomic E-state index is -5.00. The molecule has 23 heteroatoms. The molecule has 0 fully saturated rings. The fourth-order valence-electron chi connectivity index (χ4n) is 5.35. The van der Waals surface area contributed by atoms with Gasteiger partial charge in [0.05, 0.1) is 22.7 Å². The number of urea groups is 1. The van der Waals surface area contributed by atoms with E-state index < -0.39 is 59.4 Å². The number of nitrogens with zero attached hydrogens (tertiary/aromatic N) is 2. The van der Waals surface area contributed by atoms with Crippen LogP contribution in [-0.2, 0) is 29.8 Å². The average Bonchev–Trinajstić information content (AvgIpc) is 3.21. The van der Waals surface area contributed by atoms with Gasteiger partial charge in [-0.3, -0.25) is 39.1 Å². The molecule has 0 spiro atoms. The molecule has 0 aliphatic heterocycles. The van der Waals surface area contributed by atoms with Crippen LogP contribution in [0.25, 0.3) is 0 Å². The van der Waals surface area contributed by atoms with Gasteiger partial charge in [-0.25, -0.2) is 4.79 Å². The number of carbonyl (C=O) groups is 5. The Labute approximate surface area is 350 Å². The number of aliphatic hydroxyl groups is 2. The molecule has 2 aliphatic carbocycles. The van der Waals surface area contributed by atoms with Crippen molar-refractivity contribution in [1.82, 2.24) is 0 Å². The number of ketones is 2. The molecule has 21 nitrogen and oxygen atoms in total. The van der Waals surface area contributed by atoms with Crippen LogP contribution in [0.15, 0.2) is 153 Å². The summed E-state index contributed by atoms with van der Waals surface area (Å²) in [7, 11) is -10.0. The SMILES string of the molecule is O=C1C=CC(=NNc2ccc(C(=O)Nc3ccc(NC(=O)Nc4ccc(NC(=O)c5ccc(NN=C6C=CC(=O)C=C6O)cc5)c(S(=O)(=O)O)c4)cc3S(=O)(=O)O)cc2)C(O)=C1. The number of hydrazone groups is 2. The summed E-state index contributed by atoms with van der Waals surface area (Å²) in [4.78, 5) is 59.9. The Hall–Kier alpha value is -8.25. The van der Waals surface area contributed by atoms with E-state index in [2.05, 4.69) is 42.3 Å². The molecule has 0 saturated carbocycles. The first-order valence-electron chi connectivity index (χ1n) is 17.4. The molecule has 0 atom stereocenters. The molecule has 62 heavy (non-hydrogen) atoms. The maximum atomic E-state index is 13.0. The number of hydrogen-bond acceptors (Lipinski definition) is 15. The van der Waals surface area contributed by atoms with Gasteiger partial charge in [-0.1, -0.05) is 0 Å². The lowest BCUT2D eigenvalue weighted by molar-refractivity contribution is -0.111. The van der Waals surface area contributed by atoms with E-state index in [-0.39, 0.29) is 56.8 Å². The number of nitrogens with one attached hydrogen (secondary N) is 6. The van der Waals surface area contributed by atoms with E-state index in [4.69, 9.17) is 0 Å². The van der Waals surface area contributed by atoms with Gasteiger partial charge in [0.1, 0.15) is 32.7 Å². The number of benzene rings is 4. The second-order valence-corrected chi connectivity index (χ2v) is 15.5. The van der Waals surface area contributed by atoms with Gasteiger partial charge in [0.25, 0.3) is 32.1 Å². The Bertz CT molecular complexity index is 2760. The molecular formula is C39H30N8O13S2. The van der Waals surface area contributed by atoms with Gasteiger partial charge in [0, 0.05) is 34.7 Å². The smallest absolute Gasteiger partial charge is 0.323 e. The number of allylic oxidation sites excluding steroid dienone is 6. The maximum Gasteiger partial charge on any atom is 0.323 e. The maximum absolute atomic E-state index is 13.0. The van der Waals surface area contributed by atoms with E-state index in [1.165, 1.54) is 85.0 Å². The molecule has 6 rings (SSSR count). The average molecular weight is 883 g/mol. The van der Waals surface area contributed by atoms with Gasteiger partial charge in [0.15, 0.2) is 11.6 Å². The Morgan fingerprint density at radius 3 is 1.18 bits per heavy atom. The largest absolute Gasteiger partial charge is 0.505 e. The molecule has 0 radical (unpaired) electrons. The zero-order valence-corrected chi connectivity index (χ0v) is 32.9. The molecular weight excluding hydrogens is 853 g/mol. The van der Waals surface area contributed by atoms with Crippen LogP contribution in [0.1, 0.15) is 20.7 Å². The zero-order chi connectivity index (χ0) is 44.8. The Morgan fingerprint density at radius 2 is 0.839 bits per heavy atom. The second kappa shape index (κ2) is 17.9. The molecule has 0 heterocycles. The first kappa shape index (κ1) is 43.3. The third-order valence-electron chi connectivity index (χ3n) is 8.33. The summed E-state index contributed by atoms with van der Waals surface area (Å²) in [6, 6.07) is 16.4. The summed E-state index contributed by atoms with van der Waals surface area (Å²) in [6.45, 7) is 0. The quantitative estimate of drug-likeness (QED) is 0.0507. The molecule has 0 unspecified atom stereocenters. The Balaban J connectivity index is 1.09. The molecule has 0 saturated heterocycles. The summed E-state index contributed by atoms with van der Waals surface area (Å²) in [6.07, 6.45) is 6.99. The van der Waals surface area contributed by atoms with Crippen LogP contribution in [-0.4, -0.2) is 77.0 Å². The zero-order valence-electron chi connectivity index (χ0n) is 31.2. The normalized spacial score (nSPS) is 15.1. The number of amides is 4. The summed E-state index contributed by atoms with van der Waals surface area (Å²) in [5.74, 6) is -3.09. The summed E-state index contributed by atoms with van der Waals surface area (Å²) < 4.78 is 69.1.